The molecular formula is C16H34N2. The molecular weight excluding hydrogens is 220 g/mol. The molecule has 0 amide bonds. The summed E-state index contributed by atoms with van der Waals surface area (Å²) in [5, 5.41) is 3.61. The monoisotopic (exact) mass is 254 g/mol. The van der Waals surface area contributed by atoms with Crippen LogP contribution in [0.1, 0.15) is 60.3 Å². The molecule has 0 radical (unpaired) electrons. The van der Waals surface area contributed by atoms with Gasteiger partial charge in [0.25, 0.3) is 0 Å². The van der Waals surface area contributed by atoms with Crippen molar-refractivity contribution in [2.75, 3.05) is 19.6 Å². The summed E-state index contributed by atoms with van der Waals surface area (Å²) >= 11 is 0. The average molecular weight is 254 g/mol. The first-order chi connectivity index (χ1) is 8.52. The fourth-order valence-corrected chi connectivity index (χ4v) is 3.00. The molecule has 18 heavy (non-hydrogen) atoms. The SMILES string of the molecule is CC(C)CNCC(C)C(C)N1CCCCCC1C. The van der Waals surface area contributed by atoms with E-state index in [1.165, 1.54) is 32.2 Å². The van der Waals surface area contributed by atoms with E-state index in [4.69, 9.17) is 0 Å². The smallest absolute Gasteiger partial charge is 0.0107 e. The standard InChI is InChI=1S/C16H34N2/c1-13(2)11-17-12-14(3)16(5)18-10-8-6-7-9-15(18)4/h13-17H,6-12H2,1-5H3. The number of nitrogens with one attached hydrogen (secondary N) is 1. The average Bonchev–Trinajstić information content (AvgIpc) is 2.52. The second kappa shape index (κ2) is 8.16. The van der Waals surface area contributed by atoms with Crippen LogP contribution in [0.2, 0.25) is 0 Å². The Morgan fingerprint density at radius 3 is 2.44 bits per heavy atom. The van der Waals surface area contributed by atoms with Gasteiger partial charge in [-0.05, 0) is 58.2 Å². The van der Waals surface area contributed by atoms with E-state index in [2.05, 4.69) is 44.8 Å². The summed E-state index contributed by atoms with van der Waals surface area (Å²) < 4.78 is 0. The number of rotatable bonds is 6. The first kappa shape index (κ1) is 16.0. The first-order valence-corrected chi connectivity index (χ1v) is 7.98. The minimum absolute atomic E-state index is 0.706. The van der Waals surface area contributed by atoms with Crippen LogP contribution in [0, 0.1) is 11.8 Å². The third-order valence-corrected chi connectivity index (χ3v) is 4.47. The summed E-state index contributed by atoms with van der Waals surface area (Å²) in [6, 6.07) is 1.48. The largest absolute Gasteiger partial charge is 0.316 e. The van der Waals surface area contributed by atoms with Gasteiger partial charge in [0, 0.05) is 12.1 Å². The first-order valence-electron chi connectivity index (χ1n) is 7.98. The van der Waals surface area contributed by atoms with Gasteiger partial charge in [-0.2, -0.15) is 0 Å². The zero-order chi connectivity index (χ0) is 13.5. The highest BCUT2D eigenvalue weighted by molar-refractivity contribution is 4.80. The third-order valence-electron chi connectivity index (χ3n) is 4.47. The highest BCUT2D eigenvalue weighted by atomic mass is 15.2. The van der Waals surface area contributed by atoms with Gasteiger partial charge >= 0.3 is 0 Å². The second-order valence-electron chi connectivity index (χ2n) is 6.71. The van der Waals surface area contributed by atoms with E-state index in [1.54, 1.807) is 0 Å². The van der Waals surface area contributed by atoms with Crippen molar-refractivity contribution in [3.63, 3.8) is 0 Å². The van der Waals surface area contributed by atoms with E-state index >= 15 is 0 Å². The Kier molecular flexibility index (Phi) is 7.25. The lowest BCUT2D eigenvalue weighted by atomic mass is 9.99. The van der Waals surface area contributed by atoms with Crippen molar-refractivity contribution in [3.8, 4) is 0 Å². The van der Waals surface area contributed by atoms with Gasteiger partial charge in [0.2, 0.25) is 0 Å². The summed E-state index contributed by atoms with van der Waals surface area (Å²) in [4.78, 5) is 2.74. The van der Waals surface area contributed by atoms with Crippen molar-refractivity contribution < 1.29 is 0 Å². The van der Waals surface area contributed by atoms with Crippen molar-refractivity contribution in [3.05, 3.63) is 0 Å². The van der Waals surface area contributed by atoms with Crippen LogP contribution < -0.4 is 5.32 Å². The Labute approximate surface area is 115 Å². The van der Waals surface area contributed by atoms with Crippen LogP contribution >= 0.6 is 0 Å². The molecule has 0 saturated carbocycles. The van der Waals surface area contributed by atoms with Gasteiger partial charge in [-0.1, -0.05) is 33.6 Å². The maximum Gasteiger partial charge on any atom is 0.0107 e. The lowest BCUT2D eigenvalue weighted by molar-refractivity contribution is 0.118. The van der Waals surface area contributed by atoms with Gasteiger partial charge in [0.15, 0.2) is 0 Å². The Morgan fingerprint density at radius 2 is 1.78 bits per heavy atom. The predicted octanol–water partition coefficient (Wildman–Crippen LogP) is 3.52. The fraction of sp³-hybridized carbons (Fsp3) is 1.00. The molecule has 0 bridgehead atoms. The van der Waals surface area contributed by atoms with E-state index in [0.29, 0.717) is 6.04 Å². The predicted molar refractivity (Wildman–Crippen MR) is 81.0 cm³/mol. The summed E-state index contributed by atoms with van der Waals surface area (Å²) in [6.45, 7) is 15.4. The van der Waals surface area contributed by atoms with E-state index in [9.17, 15) is 0 Å². The maximum atomic E-state index is 3.61. The molecule has 3 atom stereocenters. The molecule has 3 unspecified atom stereocenters. The van der Waals surface area contributed by atoms with Gasteiger partial charge in [-0.15, -0.1) is 0 Å². The minimum Gasteiger partial charge on any atom is -0.316 e. The zero-order valence-corrected chi connectivity index (χ0v) is 13.2. The summed E-state index contributed by atoms with van der Waals surface area (Å²) in [6.07, 6.45) is 5.62. The molecule has 2 heteroatoms. The fourth-order valence-electron chi connectivity index (χ4n) is 3.00. The van der Waals surface area contributed by atoms with Crippen molar-refractivity contribution in [2.24, 2.45) is 11.8 Å². The number of hydrogen-bond acceptors (Lipinski definition) is 2. The normalized spacial score (nSPS) is 26.0. The third kappa shape index (κ3) is 5.27. The molecule has 0 aromatic heterocycles. The Morgan fingerprint density at radius 1 is 1.06 bits per heavy atom. The molecule has 0 aromatic carbocycles. The van der Waals surface area contributed by atoms with Crippen LogP contribution in [0.3, 0.4) is 0 Å². The van der Waals surface area contributed by atoms with Gasteiger partial charge < -0.3 is 5.32 Å². The van der Waals surface area contributed by atoms with E-state index < -0.39 is 0 Å². The van der Waals surface area contributed by atoms with Crippen LogP contribution in [0.25, 0.3) is 0 Å². The topological polar surface area (TPSA) is 15.3 Å². The molecule has 0 aromatic rings. The Hall–Kier alpha value is -0.0800. The quantitative estimate of drug-likeness (QED) is 0.780. The lowest BCUT2D eigenvalue weighted by Gasteiger charge is -2.36. The number of hydrogen-bond donors (Lipinski definition) is 1. The van der Waals surface area contributed by atoms with E-state index in [1.807, 2.05) is 0 Å². The molecule has 1 heterocycles. The number of nitrogens with zero attached hydrogens (tertiary/aromatic N) is 1. The summed E-state index contributed by atoms with van der Waals surface area (Å²) in [5.74, 6) is 1.49. The molecule has 2 nitrogen and oxygen atoms in total. The molecule has 0 spiro atoms. The maximum absolute atomic E-state index is 3.61. The van der Waals surface area contributed by atoms with Crippen LogP contribution in [-0.2, 0) is 0 Å². The Balaban J connectivity index is 2.38. The van der Waals surface area contributed by atoms with Crippen molar-refractivity contribution in [2.45, 2.75) is 72.4 Å². The minimum atomic E-state index is 0.706. The lowest BCUT2D eigenvalue weighted by Crippen LogP contribution is -2.45. The van der Waals surface area contributed by atoms with Gasteiger partial charge in [-0.25, -0.2) is 0 Å². The van der Waals surface area contributed by atoms with Crippen LogP contribution in [0.15, 0.2) is 0 Å². The summed E-state index contributed by atoms with van der Waals surface area (Å²) in [7, 11) is 0. The van der Waals surface area contributed by atoms with Crippen molar-refractivity contribution >= 4 is 0 Å². The van der Waals surface area contributed by atoms with Crippen molar-refractivity contribution in [1.29, 1.82) is 0 Å². The molecule has 1 N–H and O–H groups in total. The Bertz CT molecular complexity index is 215. The van der Waals surface area contributed by atoms with E-state index in [-0.39, 0.29) is 0 Å². The molecule has 108 valence electrons. The molecule has 1 saturated heterocycles. The van der Waals surface area contributed by atoms with Gasteiger partial charge in [-0.3, -0.25) is 4.90 Å². The van der Waals surface area contributed by atoms with Crippen molar-refractivity contribution in [1.82, 2.24) is 10.2 Å². The van der Waals surface area contributed by atoms with Gasteiger partial charge in [0.05, 0.1) is 0 Å². The molecule has 0 aliphatic carbocycles. The second-order valence-corrected chi connectivity index (χ2v) is 6.71. The zero-order valence-electron chi connectivity index (χ0n) is 13.2. The number of likely N-dealkylation sites (tertiary alicyclic amines) is 1. The highest BCUT2D eigenvalue weighted by Crippen LogP contribution is 2.22. The van der Waals surface area contributed by atoms with Crippen LogP contribution in [0.5, 0.6) is 0 Å². The molecule has 1 rings (SSSR count). The van der Waals surface area contributed by atoms with Crippen LogP contribution in [0.4, 0.5) is 0 Å². The van der Waals surface area contributed by atoms with Crippen LogP contribution in [-0.4, -0.2) is 36.6 Å². The molecule has 1 fully saturated rings. The molecule has 1 aliphatic heterocycles. The van der Waals surface area contributed by atoms with Gasteiger partial charge in [0.1, 0.15) is 0 Å². The molecule has 1 aliphatic rings. The highest BCUT2D eigenvalue weighted by Gasteiger charge is 2.25. The van der Waals surface area contributed by atoms with E-state index in [0.717, 1.165) is 31.0 Å². The summed E-state index contributed by atoms with van der Waals surface area (Å²) in [5.41, 5.74) is 0.